The van der Waals surface area contributed by atoms with Crippen molar-refractivity contribution in [2.45, 2.75) is 17.4 Å². The van der Waals surface area contributed by atoms with Gasteiger partial charge < -0.3 is 16.0 Å². The van der Waals surface area contributed by atoms with Crippen molar-refractivity contribution in [3.63, 3.8) is 0 Å². The van der Waals surface area contributed by atoms with Crippen LogP contribution in [0.1, 0.15) is 6.42 Å². The average molecular weight is 276 g/mol. The topological polar surface area (TPSA) is 45.9 Å². The third-order valence-corrected chi connectivity index (χ3v) is 4.26. The Morgan fingerprint density at radius 3 is 2.84 bits per heavy atom. The maximum Gasteiger partial charge on any atom is 0.0782 e. The van der Waals surface area contributed by atoms with Gasteiger partial charge in [0.15, 0.2) is 0 Å². The summed E-state index contributed by atoms with van der Waals surface area (Å²) >= 11 is 1.85. The molecule has 1 aliphatic heterocycles. The van der Waals surface area contributed by atoms with Gasteiger partial charge in [-0.25, -0.2) is 0 Å². The van der Waals surface area contributed by atoms with Crippen LogP contribution >= 0.6 is 11.8 Å². The molecule has 0 fully saturated rings. The highest BCUT2D eigenvalue weighted by Gasteiger charge is 2.27. The average Bonchev–Trinajstić information content (AvgIpc) is 2.39. The standard InChI is InChI=1S/C13H14N2S.C2H7N/c1-15-10-4-2-3-5-12(10)16-13-8-9(14)6-7-11(13)15;1-3-2/h2,4-8,10H,3,14H2,1H3;3H,1-2H3/p+1. The molecule has 3 rings (SSSR count). The minimum Gasteiger partial charge on any atom is -0.399 e. The van der Waals surface area contributed by atoms with Crippen LogP contribution in [0.5, 0.6) is 0 Å². The quantitative estimate of drug-likeness (QED) is 0.561. The minimum atomic E-state index is 0.412. The van der Waals surface area contributed by atoms with Crippen LogP contribution in [-0.2, 0) is 0 Å². The smallest absolute Gasteiger partial charge is 0.0782 e. The van der Waals surface area contributed by atoms with Gasteiger partial charge in [-0.2, -0.15) is 0 Å². The van der Waals surface area contributed by atoms with Gasteiger partial charge in [-0.05, 0) is 24.6 Å². The lowest BCUT2D eigenvalue weighted by molar-refractivity contribution is -0.597. The fourth-order valence-corrected chi connectivity index (χ4v) is 3.51. The first kappa shape index (κ1) is 14.0. The van der Waals surface area contributed by atoms with Crippen LogP contribution in [0.4, 0.5) is 11.4 Å². The van der Waals surface area contributed by atoms with Crippen LogP contribution in [0.25, 0.3) is 0 Å². The van der Waals surface area contributed by atoms with E-state index in [0.29, 0.717) is 6.04 Å². The molecule has 1 atom stereocenters. The number of hydrogen-bond acceptors (Lipinski definition) is 3. The lowest BCUT2D eigenvalue weighted by Gasteiger charge is -2.37. The Morgan fingerprint density at radius 2 is 2.11 bits per heavy atom. The third-order valence-electron chi connectivity index (χ3n) is 3.07. The van der Waals surface area contributed by atoms with Gasteiger partial charge in [-0.15, -0.1) is 0 Å². The molecule has 4 N–H and O–H groups in total. The monoisotopic (exact) mass is 276 g/mol. The van der Waals surface area contributed by atoms with Gasteiger partial charge in [0, 0.05) is 22.5 Å². The first-order chi connectivity index (χ1) is 9.17. The summed E-state index contributed by atoms with van der Waals surface area (Å²) < 4.78 is 0. The number of rotatable bonds is 0. The third kappa shape index (κ3) is 2.96. The minimum absolute atomic E-state index is 0.412. The summed E-state index contributed by atoms with van der Waals surface area (Å²) in [7, 11) is 6.14. The molecule has 102 valence electrons. The number of anilines is 2. The first-order valence-corrected chi connectivity index (χ1v) is 7.40. The van der Waals surface area contributed by atoms with Gasteiger partial charge in [-0.3, -0.25) is 0 Å². The van der Waals surface area contributed by atoms with Gasteiger partial charge in [-0.1, -0.05) is 30.0 Å². The summed E-state index contributed by atoms with van der Waals surface area (Å²) in [4.78, 5) is 5.00. The number of quaternary nitrogens is 1. The molecule has 3 nitrogen and oxygen atoms in total. The Kier molecular flexibility index (Phi) is 4.56. The van der Waals surface area contributed by atoms with E-state index >= 15 is 0 Å². The summed E-state index contributed by atoms with van der Waals surface area (Å²) in [6.07, 6.45) is 7.86. The molecular weight excluding hydrogens is 254 g/mol. The van der Waals surface area contributed by atoms with Crippen molar-refractivity contribution in [2.24, 2.45) is 0 Å². The zero-order valence-corrected chi connectivity index (χ0v) is 12.6. The second kappa shape index (κ2) is 6.17. The van der Waals surface area contributed by atoms with Crippen LogP contribution in [0, 0.1) is 0 Å². The SMILES string of the molecule is CN1c2ccc(N)cc2SC2=CCC=CC21.C[NH2+]C. The number of allylic oxidation sites excluding steroid dienone is 2. The molecule has 0 aromatic heterocycles. The molecule has 0 radical (unpaired) electrons. The normalized spacial score (nSPS) is 19.8. The molecule has 0 spiro atoms. The molecule has 4 heteroatoms. The first-order valence-electron chi connectivity index (χ1n) is 6.58. The number of nitrogens with zero attached hydrogens (tertiary/aromatic N) is 1. The van der Waals surface area contributed by atoms with Gasteiger partial charge in [0.2, 0.25) is 0 Å². The van der Waals surface area contributed by atoms with E-state index in [0.717, 1.165) is 12.1 Å². The summed E-state index contributed by atoms with van der Waals surface area (Å²) in [6.45, 7) is 0. The number of hydrogen-bond donors (Lipinski definition) is 2. The van der Waals surface area contributed by atoms with Crippen LogP contribution in [-0.4, -0.2) is 27.2 Å². The molecular formula is C15H22N3S+. The number of nitrogens with two attached hydrogens (primary N) is 2. The van der Waals surface area contributed by atoms with Crippen molar-refractivity contribution in [2.75, 3.05) is 31.8 Å². The van der Waals surface area contributed by atoms with E-state index < -0.39 is 0 Å². The van der Waals surface area contributed by atoms with Gasteiger partial charge in [0.1, 0.15) is 0 Å². The number of benzene rings is 1. The van der Waals surface area contributed by atoms with Crippen molar-refractivity contribution in [1.29, 1.82) is 0 Å². The summed E-state index contributed by atoms with van der Waals surface area (Å²) in [5.41, 5.74) is 7.94. The van der Waals surface area contributed by atoms with Crippen molar-refractivity contribution < 1.29 is 5.32 Å². The number of thioether (sulfide) groups is 1. The predicted molar refractivity (Wildman–Crippen MR) is 84.5 cm³/mol. The second-order valence-electron chi connectivity index (χ2n) is 4.73. The Hall–Kier alpha value is -1.39. The highest BCUT2D eigenvalue weighted by atomic mass is 32.2. The number of nitrogen functional groups attached to an aromatic ring is 1. The molecule has 19 heavy (non-hydrogen) atoms. The lowest BCUT2D eigenvalue weighted by Crippen LogP contribution is -2.74. The second-order valence-corrected chi connectivity index (χ2v) is 5.85. The Labute approximate surface area is 119 Å². The lowest BCUT2D eigenvalue weighted by atomic mass is 10.1. The van der Waals surface area contributed by atoms with Crippen molar-refractivity contribution in [3.05, 3.63) is 41.3 Å². The summed E-state index contributed by atoms with van der Waals surface area (Å²) in [5, 5.41) is 2.00. The van der Waals surface area contributed by atoms with E-state index in [1.54, 1.807) is 0 Å². The largest absolute Gasteiger partial charge is 0.399 e. The van der Waals surface area contributed by atoms with E-state index in [1.807, 2.05) is 37.2 Å². The molecule has 0 amide bonds. The molecule has 1 unspecified atom stereocenters. The molecule has 1 heterocycles. The van der Waals surface area contributed by atoms with Crippen LogP contribution in [0.3, 0.4) is 0 Å². The molecule has 0 bridgehead atoms. The van der Waals surface area contributed by atoms with Crippen molar-refractivity contribution in [3.8, 4) is 0 Å². The van der Waals surface area contributed by atoms with Gasteiger partial charge in [0.25, 0.3) is 0 Å². The number of likely N-dealkylation sites (N-methyl/N-ethyl adjacent to an activating group) is 1. The maximum absolute atomic E-state index is 5.83. The highest BCUT2D eigenvalue weighted by Crippen LogP contribution is 2.45. The van der Waals surface area contributed by atoms with E-state index in [4.69, 9.17) is 5.73 Å². The van der Waals surface area contributed by atoms with E-state index in [-0.39, 0.29) is 0 Å². The van der Waals surface area contributed by atoms with Gasteiger partial charge in [0.05, 0.1) is 25.8 Å². The highest BCUT2D eigenvalue weighted by molar-refractivity contribution is 8.03. The molecule has 0 saturated heterocycles. The van der Waals surface area contributed by atoms with E-state index in [2.05, 4.69) is 42.3 Å². The molecule has 1 aromatic rings. The summed E-state index contributed by atoms with van der Waals surface area (Å²) in [6, 6.07) is 6.55. The fourth-order valence-electron chi connectivity index (χ4n) is 2.21. The number of fused-ring (bicyclic) bond motifs is 2. The van der Waals surface area contributed by atoms with Crippen molar-refractivity contribution in [1.82, 2.24) is 0 Å². The Balaban J connectivity index is 0.000000408. The maximum atomic E-state index is 5.83. The van der Waals surface area contributed by atoms with Crippen LogP contribution < -0.4 is 16.0 Å². The Bertz CT molecular complexity index is 508. The van der Waals surface area contributed by atoms with Gasteiger partial charge >= 0.3 is 0 Å². The zero-order chi connectivity index (χ0) is 13.8. The molecule has 2 aliphatic rings. The predicted octanol–water partition coefficient (Wildman–Crippen LogP) is 1.83. The zero-order valence-electron chi connectivity index (χ0n) is 11.8. The van der Waals surface area contributed by atoms with Crippen LogP contribution in [0.15, 0.2) is 46.2 Å². The molecule has 0 saturated carbocycles. The van der Waals surface area contributed by atoms with E-state index in [9.17, 15) is 0 Å². The summed E-state index contributed by atoms with van der Waals surface area (Å²) in [5.74, 6) is 0. The van der Waals surface area contributed by atoms with E-state index in [1.165, 1.54) is 15.5 Å². The molecule has 1 aliphatic carbocycles. The van der Waals surface area contributed by atoms with Crippen LogP contribution in [0.2, 0.25) is 0 Å². The fraction of sp³-hybridized carbons (Fsp3) is 0.333. The van der Waals surface area contributed by atoms with Crippen molar-refractivity contribution >= 4 is 23.1 Å². The molecule has 1 aromatic carbocycles. The Morgan fingerprint density at radius 1 is 1.37 bits per heavy atom.